The number of carbonyl (C=O) groups is 1. The first kappa shape index (κ1) is 14.1. The molecule has 19 heavy (non-hydrogen) atoms. The predicted molar refractivity (Wildman–Crippen MR) is 80.8 cm³/mol. The lowest BCUT2D eigenvalue weighted by Gasteiger charge is -2.17. The van der Waals surface area contributed by atoms with Crippen LogP contribution in [0.3, 0.4) is 0 Å². The number of nitrogens with two attached hydrogens (primary N) is 1. The number of anilines is 1. The van der Waals surface area contributed by atoms with Gasteiger partial charge >= 0.3 is 0 Å². The van der Waals surface area contributed by atoms with E-state index in [9.17, 15) is 4.79 Å². The summed E-state index contributed by atoms with van der Waals surface area (Å²) in [6.07, 6.45) is 0. The van der Waals surface area contributed by atoms with E-state index in [2.05, 4.69) is 31.9 Å². The second-order valence-corrected chi connectivity index (χ2v) is 5.74. The van der Waals surface area contributed by atoms with E-state index in [-0.39, 0.29) is 5.91 Å². The lowest BCUT2D eigenvalue weighted by molar-refractivity contribution is 0.0774. The molecular formula is C13H12Br2N2O2. The van der Waals surface area contributed by atoms with Gasteiger partial charge in [-0.3, -0.25) is 4.79 Å². The van der Waals surface area contributed by atoms with Crippen molar-refractivity contribution >= 4 is 43.5 Å². The van der Waals surface area contributed by atoms with Gasteiger partial charge in [0.2, 0.25) is 0 Å². The van der Waals surface area contributed by atoms with Crippen molar-refractivity contribution in [1.82, 2.24) is 4.90 Å². The van der Waals surface area contributed by atoms with Crippen LogP contribution in [-0.2, 0) is 6.54 Å². The van der Waals surface area contributed by atoms with Gasteiger partial charge in [-0.2, -0.15) is 0 Å². The Kier molecular flexibility index (Phi) is 4.31. The van der Waals surface area contributed by atoms with Crippen molar-refractivity contribution in [2.45, 2.75) is 6.54 Å². The summed E-state index contributed by atoms with van der Waals surface area (Å²) in [4.78, 5) is 13.9. The van der Waals surface area contributed by atoms with Gasteiger partial charge in [-0.15, -0.1) is 0 Å². The first-order chi connectivity index (χ1) is 8.97. The molecule has 1 amide bonds. The molecule has 2 N–H and O–H groups in total. The highest BCUT2D eigenvalue weighted by Gasteiger charge is 2.16. The van der Waals surface area contributed by atoms with Crippen molar-refractivity contribution in [2.24, 2.45) is 0 Å². The fourth-order valence-corrected chi connectivity index (χ4v) is 2.41. The molecule has 0 aliphatic carbocycles. The van der Waals surface area contributed by atoms with Gasteiger partial charge in [0.05, 0.1) is 12.1 Å². The summed E-state index contributed by atoms with van der Waals surface area (Å²) < 4.78 is 6.75. The minimum Gasteiger partial charge on any atom is -0.452 e. The monoisotopic (exact) mass is 386 g/mol. The topological polar surface area (TPSA) is 59.5 Å². The van der Waals surface area contributed by atoms with Crippen LogP contribution in [0.1, 0.15) is 16.1 Å². The normalized spacial score (nSPS) is 10.5. The molecule has 0 spiro atoms. The van der Waals surface area contributed by atoms with Crippen molar-refractivity contribution in [3.63, 3.8) is 0 Å². The van der Waals surface area contributed by atoms with Crippen LogP contribution in [0.15, 0.2) is 43.9 Å². The van der Waals surface area contributed by atoms with Gasteiger partial charge in [0.25, 0.3) is 5.91 Å². The summed E-state index contributed by atoms with van der Waals surface area (Å²) in [5, 5.41) is 0. The number of amides is 1. The molecule has 0 saturated carbocycles. The third-order valence-electron chi connectivity index (χ3n) is 2.59. The molecule has 0 saturated heterocycles. The van der Waals surface area contributed by atoms with Gasteiger partial charge < -0.3 is 15.1 Å². The van der Waals surface area contributed by atoms with Crippen LogP contribution in [0.4, 0.5) is 5.69 Å². The molecule has 1 aromatic heterocycles. The predicted octanol–water partition coefficient (Wildman–Crippen LogP) is 3.66. The number of halogens is 2. The second kappa shape index (κ2) is 5.79. The molecule has 0 atom stereocenters. The van der Waals surface area contributed by atoms with Crippen LogP contribution in [0, 0.1) is 0 Å². The Balaban J connectivity index is 2.16. The Morgan fingerprint density at radius 1 is 1.32 bits per heavy atom. The zero-order chi connectivity index (χ0) is 14.0. The van der Waals surface area contributed by atoms with Gasteiger partial charge in [0, 0.05) is 17.2 Å². The molecule has 0 aliphatic heterocycles. The molecule has 0 radical (unpaired) electrons. The summed E-state index contributed by atoms with van der Waals surface area (Å²) in [6.45, 7) is 0.395. The van der Waals surface area contributed by atoms with Crippen molar-refractivity contribution in [3.05, 3.63) is 50.8 Å². The minimum absolute atomic E-state index is 0.119. The van der Waals surface area contributed by atoms with E-state index in [1.165, 1.54) is 0 Å². The van der Waals surface area contributed by atoms with E-state index < -0.39 is 0 Å². The first-order valence-corrected chi connectivity index (χ1v) is 7.10. The Labute approximate surface area is 127 Å². The number of nitrogen functional groups attached to an aromatic ring is 1. The van der Waals surface area contributed by atoms with E-state index in [4.69, 9.17) is 10.2 Å². The minimum atomic E-state index is -0.119. The van der Waals surface area contributed by atoms with E-state index in [0.717, 1.165) is 4.47 Å². The van der Waals surface area contributed by atoms with Crippen LogP contribution in [0.25, 0.3) is 0 Å². The zero-order valence-corrected chi connectivity index (χ0v) is 13.4. The van der Waals surface area contributed by atoms with Crippen LogP contribution in [-0.4, -0.2) is 17.9 Å². The highest BCUT2D eigenvalue weighted by Crippen LogP contribution is 2.22. The molecule has 0 unspecified atom stereocenters. The molecule has 0 bridgehead atoms. The number of carbonyl (C=O) groups excluding carboxylic acids is 1. The smallest absolute Gasteiger partial charge is 0.255 e. The maximum atomic E-state index is 12.3. The summed E-state index contributed by atoms with van der Waals surface area (Å²) in [5.41, 5.74) is 6.80. The SMILES string of the molecule is CN(Cc1ccc(Br)o1)C(=O)c1cc(N)ccc1Br. The second-order valence-electron chi connectivity index (χ2n) is 4.11. The van der Waals surface area contributed by atoms with E-state index in [1.807, 2.05) is 6.07 Å². The number of furan rings is 1. The maximum absolute atomic E-state index is 12.3. The summed E-state index contributed by atoms with van der Waals surface area (Å²) in [5.74, 6) is 0.592. The maximum Gasteiger partial charge on any atom is 0.255 e. The fourth-order valence-electron chi connectivity index (χ4n) is 1.65. The van der Waals surface area contributed by atoms with Gasteiger partial charge in [-0.05, 0) is 62.2 Å². The summed E-state index contributed by atoms with van der Waals surface area (Å²) >= 11 is 6.59. The van der Waals surface area contributed by atoms with E-state index in [1.54, 1.807) is 36.2 Å². The number of hydrogen-bond donors (Lipinski definition) is 1. The van der Waals surface area contributed by atoms with Crippen molar-refractivity contribution in [1.29, 1.82) is 0 Å². The largest absolute Gasteiger partial charge is 0.452 e. The lowest BCUT2D eigenvalue weighted by Crippen LogP contribution is -2.26. The molecule has 4 nitrogen and oxygen atoms in total. The molecule has 100 valence electrons. The van der Waals surface area contributed by atoms with E-state index in [0.29, 0.717) is 28.2 Å². The van der Waals surface area contributed by atoms with Crippen LogP contribution >= 0.6 is 31.9 Å². The Morgan fingerprint density at radius 2 is 2.05 bits per heavy atom. The molecule has 0 fully saturated rings. The zero-order valence-electron chi connectivity index (χ0n) is 10.2. The molecular weight excluding hydrogens is 376 g/mol. The third-order valence-corrected chi connectivity index (χ3v) is 3.71. The Morgan fingerprint density at radius 3 is 2.68 bits per heavy atom. The Bertz CT molecular complexity index is 610. The highest BCUT2D eigenvalue weighted by atomic mass is 79.9. The standard InChI is InChI=1S/C13H12Br2N2O2/c1-17(7-9-3-5-12(15)19-9)13(18)10-6-8(16)2-4-11(10)14/h2-6H,7,16H2,1H3. The quantitative estimate of drug-likeness (QED) is 0.817. The molecule has 6 heteroatoms. The van der Waals surface area contributed by atoms with Crippen molar-refractivity contribution < 1.29 is 9.21 Å². The fraction of sp³-hybridized carbons (Fsp3) is 0.154. The van der Waals surface area contributed by atoms with Crippen LogP contribution in [0.2, 0.25) is 0 Å². The van der Waals surface area contributed by atoms with Crippen molar-refractivity contribution in [2.75, 3.05) is 12.8 Å². The third kappa shape index (κ3) is 3.39. The molecule has 1 aromatic carbocycles. The summed E-state index contributed by atoms with van der Waals surface area (Å²) in [7, 11) is 1.72. The highest BCUT2D eigenvalue weighted by molar-refractivity contribution is 9.10. The summed E-state index contributed by atoms with van der Waals surface area (Å²) in [6, 6.07) is 8.78. The van der Waals surface area contributed by atoms with Gasteiger partial charge in [-0.1, -0.05) is 0 Å². The van der Waals surface area contributed by atoms with E-state index >= 15 is 0 Å². The first-order valence-electron chi connectivity index (χ1n) is 5.52. The average molecular weight is 388 g/mol. The molecule has 2 rings (SSSR count). The van der Waals surface area contributed by atoms with Crippen LogP contribution in [0.5, 0.6) is 0 Å². The van der Waals surface area contributed by atoms with Gasteiger partial charge in [0.15, 0.2) is 4.67 Å². The number of nitrogens with zero attached hydrogens (tertiary/aromatic N) is 1. The van der Waals surface area contributed by atoms with Gasteiger partial charge in [0.1, 0.15) is 5.76 Å². The molecule has 0 aliphatic rings. The number of benzene rings is 1. The number of rotatable bonds is 3. The average Bonchev–Trinajstić information content (AvgIpc) is 2.77. The molecule has 2 aromatic rings. The Hall–Kier alpha value is -1.27. The van der Waals surface area contributed by atoms with Crippen molar-refractivity contribution in [3.8, 4) is 0 Å². The lowest BCUT2D eigenvalue weighted by atomic mass is 10.2. The molecule has 1 heterocycles. The van der Waals surface area contributed by atoms with Gasteiger partial charge in [-0.25, -0.2) is 0 Å². The van der Waals surface area contributed by atoms with Crippen LogP contribution < -0.4 is 5.73 Å². The number of hydrogen-bond acceptors (Lipinski definition) is 3.